The molecule has 0 bridgehead atoms. The van der Waals surface area contributed by atoms with Gasteiger partial charge in [-0.15, -0.1) is 12.4 Å². The maximum absolute atomic E-state index is 12.3. The summed E-state index contributed by atoms with van der Waals surface area (Å²) < 4.78 is 5.12. The number of amides is 2. The molecule has 0 aromatic heterocycles. The minimum absolute atomic E-state index is 0. The lowest BCUT2D eigenvalue weighted by Gasteiger charge is -2.22. The van der Waals surface area contributed by atoms with E-state index in [-0.39, 0.29) is 24.2 Å². The second-order valence-electron chi connectivity index (χ2n) is 6.44. The van der Waals surface area contributed by atoms with Gasteiger partial charge in [0.1, 0.15) is 11.8 Å². The third-order valence-corrected chi connectivity index (χ3v) is 4.49. The van der Waals surface area contributed by atoms with E-state index in [0.717, 1.165) is 12.8 Å². The maximum Gasteiger partial charge on any atom is 0.246 e. The number of hydrogen-bond donors (Lipinski definition) is 3. The number of halogens is 1. The smallest absolute Gasteiger partial charge is 0.246 e. The molecule has 4 N–H and O–H groups in total. The van der Waals surface area contributed by atoms with Gasteiger partial charge in [-0.05, 0) is 37.8 Å². The molecule has 1 fully saturated rings. The summed E-state index contributed by atoms with van der Waals surface area (Å²) in [5.74, 6) is 0.687. The molecule has 7 heteroatoms. The first-order valence-corrected chi connectivity index (χ1v) is 8.53. The van der Waals surface area contributed by atoms with Gasteiger partial charge in [0.2, 0.25) is 11.8 Å². The van der Waals surface area contributed by atoms with E-state index in [1.54, 1.807) is 32.2 Å². The van der Waals surface area contributed by atoms with Crippen molar-refractivity contribution < 1.29 is 14.3 Å². The largest absolute Gasteiger partial charge is 0.497 e. The molecule has 1 saturated carbocycles. The molecule has 2 amide bonds. The van der Waals surface area contributed by atoms with Crippen LogP contribution in [-0.4, -0.2) is 25.0 Å². The van der Waals surface area contributed by atoms with Crippen LogP contribution in [0.15, 0.2) is 18.2 Å². The first kappa shape index (κ1) is 21.1. The molecular weight excluding hydrogens is 342 g/mol. The molecule has 0 radical (unpaired) electrons. The van der Waals surface area contributed by atoms with Crippen LogP contribution in [0.1, 0.15) is 45.4 Å². The number of carbonyl (C=O) groups excluding carboxylic acids is 2. The second kappa shape index (κ2) is 10.1. The minimum atomic E-state index is -0.619. The van der Waals surface area contributed by atoms with Crippen LogP contribution in [0, 0.1) is 5.92 Å². The Balaban J connectivity index is 0.00000312. The fraction of sp³-hybridized carbons (Fsp3) is 0.556. The second-order valence-corrected chi connectivity index (χ2v) is 6.44. The highest BCUT2D eigenvalue weighted by Gasteiger charge is 2.21. The summed E-state index contributed by atoms with van der Waals surface area (Å²) in [4.78, 5) is 24.4. The molecule has 2 rings (SSSR count). The lowest BCUT2D eigenvalue weighted by molar-refractivity contribution is -0.126. The maximum atomic E-state index is 12.3. The number of ether oxygens (including phenoxy) is 1. The average Bonchev–Trinajstić information content (AvgIpc) is 2.57. The molecule has 1 aliphatic rings. The van der Waals surface area contributed by atoms with Crippen LogP contribution >= 0.6 is 12.4 Å². The standard InChI is InChI=1S/C18H27N3O3.ClH/c1-12(20-17(22)10-13-6-4-3-5-7-13)18(23)21-16-11-14(24-2)8-9-15(16)19;/h8-9,11-13H,3-7,10,19H2,1-2H3,(H,20,22)(H,21,23);1H. The molecule has 140 valence electrons. The van der Waals surface area contributed by atoms with Gasteiger partial charge in [0.05, 0.1) is 18.5 Å². The van der Waals surface area contributed by atoms with E-state index in [1.807, 2.05) is 0 Å². The number of methoxy groups -OCH3 is 1. The first-order chi connectivity index (χ1) is 11.5. The predicted octanol–water partition coefficient (Wildman–Crippen LogP) is 3.11. The number of rotatable bonds is 6. The number of nitrogen functional groups attached to an aromatic ring is 1. The van der Waals surface area contributed by atoms with Gasteiger partial charge in [0.15, 0.2) is 0 Å². The Morgan fingerprint density at radius 1 is 1.28 bits per heavy atom. The van der Waals surface area contributed by atoms with Gasteiger partial charge in [0, 0.05) is 12.5 Å². The van der Waals surface area contributed by atoms with Crippen LogP contribution in [0.25, 0.3) is 0 Å². The molecule has 1 aliphatic carbocycles. The number of hydrogen-bond acceptors (Lipinski definition) is 4. The van der Waals surface area contributed by atoms with E-state index in [9.17, 15) is 9.59 Å². The highest BCUT2D eigenvalue weighted by atomic mass is 35.5. The SMILES string of the molecule is COc1ccc(N)c(NC(=O)C(C)NC(=O)CC2CCCCC2)c1.Cl. The summed E-state index contributed by atoms with van der Waals surface area (Å²) in [5, 5.41) is 5.51. The van der Waals surface area contributed by atoms with E-state index in [2.05, 4.69) is 10.6 Å². The van der Waals surface area contributed by atoms with E-state index < -0.39 is 6.04 Å². The van der Waals surface area contributed by atoms with Crippen molar-refractivity contribution in [3.8, 4) is 5.75 Å². The summed E-state index contributed by atoms with van der Waals surface area (Å²) in [7, 11) is 1.55. The van der Waals surface area contributed by atoms with Crippen molar-refractivity contribution in [1.29, 1.82) is 0 Å². The van der Waals surface area contributed by atoms with Crippen LogP contribution in [0.4, 0.5) is 11.4 Å². The summed E-state index contributed by atoms with van der Waals surface area (Å²) in [5.41, 5.74) is 6.79. The van der Waals surface area contributed by atoms with Crippen LogP contribution in [0.5, 0.6) is 5.75 Å². The molecule has 25 heavy (non-hydrogen) atoms. The van der Waals surface area contributed by atoms with Crippen LogP contribution in [0.2, 0.25) is 0 Å². The van der Waals surface area contributed by atoms with Gasteiger partial charge < -0.3 is 21.1 Å². The van der Waals surface area contributed by atoms with Crippen molar-refractivity contribution >= 4 is 35.6 Å². The number of nitrogens with two attached hydrogens (primary N) is 1. The number of carbonyl (C=O) groups is 2. The number of anilines is 2. The molecule has 1 unspecified atom stereocenters. The zero-order valence-corrected chi connectivity index (χ0v) is 15.7. The molecule has 1 aromatic carbocycles. The van der Waals surface area contributed by atoms with Crippen molar-refractivity contribution in [1.82, 2.24) is 5.32 Å². The van der Waals surface area contributed by atoms with Crippen molar-refractivity contribution in [2.24, 2.45) is 5.92 Å². The monoisotopic (exact) mass is 369 g/mol. The summed E-state index contributed by atoms with van der Waals surface area (Å²) in [6.07, 6.45) is 6.37. The summed E-state index contributed by atoms with van der Waals surface area (Å²) in [6.45, 7) is 1.67. The van der Waals surface area contributed by atoms with Crippen LogP contribution in [0.3, 0.4) is 0 Å². The topological polar surface area (TPSA) is 93.4 Å². The fourth-order valence-corrected chi connectivity index (χ4v) is 3.03. The fourth-order valence-electron chi connectivity index (χ4n) is 3.03. The molecule has 0 aliphatic heterocycles. The third-order valence-electron chi connectivity index (χ3n) is 4.49. The Morgan fingerprint density at radius 2 is 1.96 bits per heavy atom. The van der Waals surface area contributed by atoms with Gasteiger partial charge >= 0.3 is 0 Å². The van der Waals surface area contributed by atoms with Gasteiger partial charge in [-0.2, -0.15) is 0 Å². The Labute approximate surface area is 155 Å². The molecule has 0 spiro atoms. The molecule has 1 aromatic rings. The number of benzene rings is 1. The highest BCUT2D eigenvalue weighted by Crippen LogP contribution is 2.26. The van der Waals surface area contributed by atoms with Gasteiger partial charge in [-0.25, -0.2) is 0 Å². The molecule has 6 nitrogen and oxygen atoms in total. The zero-order valence-electron chi connectivity index (χ0n) is 14.8. The first-order valence-electron chi connectivity index (χ1n) is 8.53. The van der Waals surface area contributed by atoms with Crippen molar-refractivity contribution in [3.05, 3.63) is 18.2 Å². The van der Waals surface area contributed by atoms with Crippen molar-refractivity contribution in [2.45, 2.75) is 51.5 Å². The quantitative estimate of drug-likeness (QED) is 0.671. The van der Waals surface area contributed by atoms with Gasteiger partial charge in [0.25, 0.3) is 0 Å². The van der Waals surface area contributed by atoms with Crippen molar-refractivity contribution in [2.75, 3.05) is 18.2 Å². The molecular formula is C18H28ClN3O3. The average molecular weight is 370 g/mol. The zero-order chi connectivity index (χ0) is 17.5. The Hall–Kier alpha value is -1.95. The molecule has 0 saturated heterocycles. The number of nitrogens with one attached hydrogen (secondary N) is 2. The van der Waals surface area contributed by atoms with E-state index >= 15 is 0 Å². The Morgan fingerprint density at radius 3 is 2.60 bits per heavy atom. The Bertz CT molecular complexity index is 589. The minimum Gasteiger partial charge on any atom is -0.497 e. The van der Waals surface area contributed by atoms with Gasteiger partial charge in [-0.1, -0.05) is 19.3 Å². The molecule has 1 atom stereocenters. The van der Waals surface area contributed by atoms with Crippen LogP contribution < -0.4 is 21.1 Å². The lowest BCUT2D eigenvalue weighted by Crippen LogP contribution is -2.42. The van der Waals surface area contributed by atoms with E-state index in [0.29, 0.717) is 29.5 Å². The van der Waals surface area contributed by atoms with Gasteiger partial charge in [-0.3, -0.25) is 9.59 Å². The summed E-state index contributed by atoms with van der Waals surface area (Å²) >= 11 is 0. The third kappa shape index (κ3) is 6.46. The highest BCUT2D eigenvalue weighted by molar-refractivity contribution is 5.99. The van der Waals surface area contributed by atoms with Crippen molar-refractivity contribution in [3.63, 3.8) is 0 Å². The normalized spacial score (nSPS) is 15.6. The summed E-state index contributed by atoms with van der Waals surface area (Å²) in [6, 6.07) is 4.43. The van der Waals surface area contributed by atoms with E-state index in [1.165, 1.54) is 19.3 Å². The molecule has 0 heterocycles. The van der Waals surface area contributed by atoms with E-state index in [4.69, 9.17) is 10.5 Å². The predicted molar refractivity (Wildman–Crippen MR) is 102 cm³/mol. The lowest BCUT2D eigenvalue weighted by atomic mass is 9.87. The van der Waals surface area contributed by atoms with Crippen LogP contribution in [-0.2, 0) is 9.59 Å². The Kier molecular flexibility index (Phi) is 8.55.